The number of hydrogen-bond acceptors (Lipinski definition) is 3. The van der Waals surface area contributed by atoms with Crippen LogP contribution in [0.1, 0.15) is 5.56 Å². The van der Waals surface area contributed by atoms with Gasteiger partial charge in [0.05, 0.1) is 11.7 Å². The normalized spacial score (nSPS) is 12.2. The summed E-state index contributed by atoms with van der Waals surface area (Å²) < 4.78 is 38.2. The van der Waals surface area contributed by atoms with Crippen LogP contribution in [0, 0.1) is 6.92 Å². The van der Waals surface area contributed by atoms with Crippen molar-refractivity contribution in [3.8, 4) is 11.4 Å². The highest BCUT2D eigenvalue weighted by molar-refractivity contribution is 5.85. The first-order chi connectivity index (χ1) is 8.97. The number of benzene rings is 1. The zero-order valence-electron chi connectivity index (χ0n) is 9.73. The van der Waals surface area contributed by atoms with E-state index >= 15 is 0 Å². The molecule has 0 atom stereocenters. The zero-order chi connectivity index (χ0) is 13.6. The standard InChI is InChI=1S/C11H8F3N5/c1-6-2-7(3-8-4-16-18-9(6)8)10-15-5-17-19(10)11(12,13)14/h2-5H,1H3,(H,16,18). The van der Waals surface area contributed by atoms with E-state index in [1.165, 1.54) is 0 Å². The second-order valence-electron chi connectivity index (χ2n) is 4.09. The Labute approximate surface area is 105 Å². The maximum absolute atomic E-state index is 12.8. The second kappa shape index (κ2) is 3.81. The minimum atomic E-state index is -4.59. The molecular weight excluding hydrogens is 259 g/mol. The first-order valence-corrected chi connectivity index (χ1v) is 5.38. The summed E-state index contributed by atoms with van der Waals surface area (Å²) >= 11 is 0. The van der Waals surface area contributed by atoms with Crippen LogP contribution in [0.5, 0.6) is 0 Å². The van der Waals surface area contributed by atoms with E-state index in [9.17, 15) is 13.2 Å². The molecule has 0 amide bonds. The highest BCUT2D eigenvalue weighted by Gasteiger charge is 2.35. The molecule has 1 N–H and O–H groups in total. The Hall–Kier alpha value is -2.38. The van der Waals surface area contributed by atoms with Crippen molar-refractivity contribution < 1.29 is 13.2 Å². The molecule has 98 valence electrons. The second-order valence-corrected chi connectivity index (χ2v) is 4.09. The molecule has 0 radical (unpaired) electrons. The molecule has 3 aromatic rings. The predicted octanol–water partition coefficient (Wildman–Crippen LogP) is 2.61. The van der Waals surface area contributed by atoms with Crippen molar-refractivity contribution in [3.05, 3.63) is 30.2 Å². The summed E-state index contributed by atoms with van der Waals surface area (Å²) in [6, 6.07) is 3.21. The first kappa shape index (κ1) is 11.7. The molecule has 0 aliphatic rings. The Morgan fingerprint density at radius 3 is 2.79 bits per heavy atom. The van der Waals surface area contributed by atoms with Crippen molar-refractivity contribution in [2.45, 2.75) is 13.2 Å². The SMILES string of the molecule is Cc1cc(-c2ncnn2C(F)(F)F)cc2cn[nH]c12. The molecule has 8 heteroatoms. The van der Waals surface area contributed by atoms with Crippen LogP contribution in [0.25, 0.3) is 22.3 Å². The average Bonchev–Trinajstić information content (AvgIpc) is 2.96. The number of halogens is 3. The monoisotopic (exact) mass is 267 g/mol. The van der Waals surface area contributed by atoms with Gasteiger partial charge in [-0.2, -0.15) is 14.9 Å². The topological polar surface area (TPSA) is 59.4 Å². The number of rotatable bonds is 1. The highest BCUT2D eigenvalue weighted by Crippen LogP contribution is 2.30. The van der Waals surface area contributed by atoms with E-state index in [0.717, 1.165) is 22.8 Å². The van der Waals surface area contributed by atoms with Crippen LogP contribution in [0.4, 0.5) is 13.2 Å². The third kappa shape index (κ3) is 1.85. The number of fused-ring (bicyclic) bond motifs is 1. The lowest BCUT2D eigenvalue weighted by Gasteiger charge is -2.09. The molecular formula is C11H8F3N5. The zero-order valence-corrected chi connectivity index (χ0v) is 9.73. The maximum atomic E-state index is 12.8. The van der Waals surface area contributed by atoms with Crippen LogP contribution in [0.15, 0.2) is 24.7 Å². The Morgan fingerprint density at radius 2 is 2.05 bits per heavy atom. The molecule has 0 unspecified atom stereocenters. The fraction of sp³-hybridized carbons (Fsp3) is 0.182. The lowest BCUT2D eigenvalue weighted by atomic mass is 10.1. The largest absolute Gasteiger partial charge is 0.506 e. The Bertz CT molecular complexity index is 740. The van der Waals surface area contributed by atoms with Crippen LogP contribution in [-0.4, -0.2) is 25.0 Å². The highest BCUT2D eigenvalue weighted by atomic mass is 19.4. The molecule has 0 spiro atoms. The third-order valence-electron chi connectivity index (χ3n) is 2.79. The van der Waals surface area contributed by atoms with Gasteiger partial charge in [-0.15, -0.1) is 13.2 Å². The molecule has 3 rings (SSSR count). The number of alkyl halides is 3. The summed E-state index contributed by atoms with van der Waals surface area (Å²) in [4.78, 5) is 3.69. The molecule has 5 nitrogen and oxygen atoms in total. The number of aromatic nitrogens is 5. The lowest BCUT2D eigenvalue weighted by molar-refractivity contribution is -0.211. The Balaban J connectivity index is 2.22. The number of nitrogens with zero attached hydrogens (tertiary/aromatic N) is 4. The van der Waals surface area contributed by atoms with E-state index < -0.39 is 6.30 Å². The summed E-state index contributed by atoms with van der Waals surface area (Å²) in [6.45, 7) is 1.79. The van der Waals surface area contributed by atoms with E-state index in [4.69, 9.17) is 0 Å². The molecule has 0 saturated carbocycles. The number of aromatic amines is 1. The van der Waals surface area contributed by atoms with Crippen LogP contribution in [-0.2, 0) is 6.30 Å². The summed E-state index contributed by atoms with van der Waals surface area (Å²) in [6.07, 6.45) is -2.15. The summed E-state index contributed by atoms with van der Waals surface area (Å²) in [7, 11) is 0. The number of H-pyrrole nitrogens is 1. The van der Waals surface area contributed by atoms with Gasteiger partial charge in [-0.1, -0.05) is 0 Å². The lowest BCUT2D eigenvalue weighted by Crippen LogP contribution is -2.19. The minimum absolute atomic E-state index is 0.0479. The molecule has 2 aromatic heterocycles. The molecule has 19 heavy (non-hydrogen) atoms. The van der Waals surface area contributed by atoms with E-state index in [1.54, 1.807) is 25.3 Å². The van der Waals surface area contributed by atoms with Crippen LogP contribution in [0.3, 0.4) is 0 Å². The van der Waals surface area contributed by atoms with E-state index in [-0.39, 0.29) is 10.5 Å². The summed E-state index contributed by atoms with van der Waals surface area (Å²) in [5.74, 6) is -0.237. The fourth-order valence-electron chi connectivity index (χ4n) is 1.99. The van der Waals surface area contributed by atoms with Gasteiger partial charge >= 0.3 is 6.30 Å². The van der Waals surface area contributed by atoms with E-state index in [1.807, 2.05) is 0 Å². The van der Waals surface area contributed by atoms with Crippen molar-refractivity contribution in [1.29, 1.82) is 0 Å². The molecule has 1 aromatic carbocycles. The van der Waals surface area contributed by atoms with Gasteiger partial charge in [-0.25, -0.2) is 4.98 Å². The van der Waals surface area contributed by atoms with Gasteiger partial charge in [-0.05, 0) is 24.6 Å². The molecule has 0 aliphatic heterocycles. The summed E-state index contributed by atoms with van der Waals surface area (Å²) in [5, 5.41) is 10.6. The molecule has 0 saturated heterocycles. The first-order valence-electron chi connectivity index (χ1n) is 5.38. The van der Waals surface area contributed by atoms with Gasteiger partial charge in [0.25, 0.3) is 0 Å². The van der Waals surface area contributed by atoms with Gasteiger partial charge in [0.15, 0.2) is 5.82 Å². The Morgan fingerprint density at radius 1 is 1.26 bits per heavy atom. The van der Waals surface area contributed by atoms with Crippen LogP contribution < -0.4 is 0 Å². The van der Waals surface area contributed by atoms with Crippen molar-refractivity contribution in [2.24, 2.45) is 0 Å². The average molecular weight is 267 g/mol. The molecule has 2 heterocycles. The van der Waals surface area contributed by atoms with Gasteiger partial charge in [0.2, 0.25) is 0 Å². The third-order valence-corrected chi connectivity index (χ3v) is 2.79. The van der Waals surface area contributed by atoms with Crippen molar-refractivity contribution in [1.82, 2.24) is 25.0 Å². The van der Waals surface area contributed by atoms with E-state index in [0.29, 0.717) is 5.56 Å². The van der Waals surface area contributed by atoms with Crippen molar-refractivity contribution >= 4 is 10.9 Å². The maximum Gasteiger partial charge on any atom is 0.506 e. The number of aryl methyl sites for hydroxylation is 1. The van der Waals surface area contributed by atoms with Gasteiger partial charge < -0.3 is 0 Å². The fourth-order valence-corrected chi connectivity index (χ4v) is 1.99. The van der Waals surface area contributed by atoms with Gasteiger partial charge in [0.1, 0.15) is 6.33 Å². The van der Waals surface area contributed by atoms with Crippen molar-refractivity contribution in [2.75, 3.05) is 0 Å². The number of hydrogen-bond donors (Lipinski definition) is 1. The van der Waals surface area contributed by atoms with Gasteiger partial charge in [0, 0.05) is 10.9 Å². The summed E-state index contributed by atoms with van der Waals surface area (Å²) in [5.41, 5.74) is 1.93. The molecule has 0 aliphatic carbocycles. The predicted molar refractivity (Wildman–Crippen MR) is 61.1 cm³/mol. The van der Waals surface area contributed by atoms with Crippen molar-refractivity contribution in [3.63, 3.8) is 0 Å². The minimum Gasteiger partial charge on any atom is -0.278 e. The molecule has 0 fully saturated rings. The Kier molecular flexibility index (Phi) is 2.34. The van der Waals surface area contributed by atoms with Gasteiger partial charge in [-0.3, -0.25) is 5.10 Å². The quantitative estimate of drug-likeness (QED) is 0.737. The van der Waals surface area contributed by atoms with E-state index in [2.05, 4.69) is 20.3 Å². The molecule has 0 bridgehead atoms. The van der Waals surface area contributed by atoms with Crippen LogP contribution in [0.2, 0.25) is 0 Å². The van der Waals surface area contributed by atoms with Crippen LogP contribution >= 0.6 is 0 Å². The smallest absolute Gasteiger partial charge is 0.278 e. The number of nitrogens with one attached hydrogen (secondary N) is 1.